The second-order valence-corrected chi connectivity index (χ2v) is 5.72. The maximum atomic E-state index is 5.04. The molecule has 7 heteroatoms. The third kappa shape index (κ3) is 4.32. The van der Waals surface area contributed by atoms with Crippen LogP contribution in [0, 0.1) is 0 Å². The van der Waals surface area contributed by atoms with Crippen molar-refractivity contribution in [3.8, 4) is 0 Å². The molecule has 1 aromatic heterocycles. The first-order valence-electron chi connectivity index (χ1n) is 8.34. The van der Waals surface area contributed by atoms with Gasteiger partial charge < -0.3 is 19.9 Å². The molecule has 0 bridgehead atoms. The Morgan fingerprint density at radius 2 is 1.83 bits per heavy atom. The van der Waals surface area contributed by atoms with Gasteiger partial charge >= 0.3 is 0 Å². The van der Waals surface area contributed by atoms with E-state index in [1.165, 1.54) is 5.69 Å². The van der Waals surface area contributed by atoms with Crippen LogP contribution in [-0.2, 0) is 4.74 Å². The predicted octanol–water partition coefficient (Wildman–Crippen LogP) is 1.65. The fourth-order valence-corrected chi connectivity index (χ4v) is 2.77. The molecule has 1 fully saturated rings. The van der Waals surface area contributed by atoms with Gasteiger partial charge in [0, 0.05) is 52.1 Å². The van der Waals surface area contributed by atoms with Gasteiger partial charge in [-0.05, 0) is 18.6 Å². The average molecular weight is 328 g/mol. The smallest absolute Gasteiger partial charge is 0.244 e. The number of hydrogen-bond acceptors (Lipinski definition) is 7. The molecule has 24 heavy (non-hydrogen) atoms. The van der Waals surface area contributed by atoms with Gasteiger partial charge in [0.15, 0.2) is 5.82 Å². The molecular weight excluding hydrogens is 304 g/mol. The minimum Gasteiger partial charge on any atom is -0.385 e. The summed E-state index contributed by atoms with van der Waals surface area (Å²) in [5.74, 6) is 1.46. The summed E-state index contributed by atoms with van der Waals surface area (Å²) in [6, 6.07) is 10.5. The van der Waals surface area contributed by atoms with Gasteiger partial charge in [-0.25, -0.2) is 0 Å². The molecule has 7 nitrogen and oxygen atoms in total. The molecule has 0 saturated carbocycles. The fourth-order valence-electron chi connectivity index (χ4n) is 2.77. The molecule has 2 heterocycles. The maximum absolute atomic E-state index is 5.04. The van der Waals surface area contributed by atoms with Gasteiger partial charge in [-0.3, -0.25) is 0 Å². The van der Waals surface area contributed by atoms with Gasteiger partial charge in [-0.2, -0.15) is 10.1 Å². The fraction of sp³-hybridized carbons (Fsp3) is 0.471. The summed E-state index contributed by atoms with van der Waals surface area (Å²) in [7, 11) is 1.70. The first kappa shape index (κ1) is 16.4. The lowest BCUT2D eigenvalue weighted by Gasteiger charge is -2.36. The van der Waals surface area contributed by atoms with Crippen molar-refractivity contribution in [2.75, 3.05) is 61.6 Å². The average Bonchev–Trinajstić information content (AvgIpc) is 2.66. The van der Waals surface area contributed by atoms with Crippen molar-refractivity contribution in [3.05, 3.63) is 36.5 Å². The zero-order valence-electron chi connectivity index (χ0n) is 14.1. The van der Waals surface area contributed by atoms with Crippen LogP contribution in [0.1, 0.15) is 6.42 Å². The first-order valence-corrected chi connectivity index (χ1v) is 8.34. The highest BCUT2D eigenvalue weighted by molar-refractivity contribution is 5.49. The number of piperazine rings is 1. The Bertz CT molecular complexity index is 615. The molecule has 128 valence electrons. The van der Waals surface area contributed by atoms with Gasteiger partial charge in [-0.15, -0.1) is 5.10 Å². The molecule has 1 aromatic carbocycles. The molecule has 1 N–H and O–H groups in total. The van der Waals surface area contributed by atoms with E-state index in [2.05, 4.69) is 54.6 Å². The predicted molar refractivity (Wildman–Crippen MR) is 95.7 cm³/mol. The third-order valence-electron chi connectivity index (χ3n) is 4.08. The quantitative estimate of drug-likeness (QED) is 0.775. The number of aromatic nitrogens is 3. The Labute approximate surface area is 142 Å². The first-order chi connectivity index (χ1) is 11.9. The van der Waals surface area contributed by atoms with E-state index in [0.717, 1.165) is 51.6 Å². The number of para-hydroxylation sites is 1. The SMILES string of the molecule is COCCCNc1nncc(N2CCN(c3ccccc3)CC2)n1. The van der Waals surface area contributed by atoms with Crippen molar-refractivity contribution in [3.63, 3.8) is 0 Å². The number of rotatable bonds is 7. The van der Waals surface area contributed by atoms with Crippen LogP contribution in [0.3, 0.4) is 0 Å². The van der Waals surface area contributed by atoms with Crippen LogP contribution in [-0.4, -0.2) is 61.6 Å². The molecule has 0 aliphatic carbocycles. The Morgan fingerprint density at radius 1 is 1.08 bits per heavy atom. The van der Waals surface area contributed by atoms with E-state index in [4.69, 9.17) is 4.74 Å². The molecule has 1 aliphatic heterocycles. The number of hydrogen-bond donors (Lipinski definition) is 1. The van der Waals surface area contributed by atoms with Crippen molar-refractivity contribution < 1.29 is 4.74 Å². The molecule has 0 radical (unpaired) electrons. The molecule has 0 atom stereocenters. The zero-order valence-corrected chi connectivity index (χ0v) is 14.1. The minimum atomic E-state index is 0.578. The summed E-state index contributed by atoms with van der Waals surface area (Å²) < 4.78 is 5.04. The van der Waals surface area contributed by atoms with Crippen molar-refractivity contribution >= 4 is 17.5 Å². The van der Waals surface area contributed by atoms with E-state index < -0.39 is 0 Å². The highest BCUT2D eigenvalue weighted by atomic mass is 16.5. The molecular formula is C17H24N6O. The normalized spacial score (nSPS) is 14.7. The molecule has 0 amide bonds. The standard InChI is InChI=1S/C17H24N6O/c1-24-13-5-8-18-17-20-16(14-19-21-17)23-11-9-22(10-12-23)15-6-3-2-4-7-15/h2-4,6-7,14H,5,8-13H2,1H3,(H,18,20,21). The molecule has 2 aromatic rings. The summed E-state index contributed by atoms with van der Waals surface area (Å²) in [6.07, 6.45) is 2.65. The van der Waals surface area contributed by atoms with Crippen molar-refractivity contribution in [1.29, 1.82) is 0 Å². The van der Waals surface area contributed by atoms with E-state index >= 15 is 0 Å². The number of ether oxygens (including phenoxy) is 1. The van der Waals surface area contributed by atoms with Crippen molar-refractivity contribution in [2.24, 2.45) is 0 Å². The van der Waals surface area contributed by atoms with Crippen LogP contribution in [0.5, 0.6) is 0 Å². The lowest BCUT2D eigenvalue weighted by Crippen LogP contribution is -2.46. The van der Waals surface area contributed by atoms with Crippen LogP contribution in [0.15, 0.2) is 36.5 Å². The highest BCUT2D eigenvalue weighted by Gasteiger charge is 2.18. The summed E-state index contributed by atoms with van der Waals surface area (Å²) in [4.78, 5) is 9.23. The molecule has 0 unspecified atom stereocenters. The van der Waals surface area contributed by atoms with Crippen molar-refractivity contribution in [2.45, 2.75) is 6.42 Å². The lowest BCUT2D eigenvalue weighted by atomic mass is 10.2. The van der Waals surface area contributed by atoms with Crippen molar-refractivity contribution in [1.82, 2.24) is 15.2 Å². The van der Waals surface area contributed by atoms with Gasteiger partial charge in [0.2, 0.25) is 5.95 Å². The highest BCUT2D eigenvalue weighted by Crippen LogP contribution is 2.18. The Kier molecular flexibility index (Phi) is 5.79. The lowest BCUT2D eigenvalue weighted by molar-refractivity contribution is 0.197. The molecule has 0 spiro atoms. The molecule has 1 aliphatic rings. The van der Waals surface area contributed by atoms with Crippen LogP contribution < -0.4 is 15.1 Å². The van der Waals surface area contributed by atoms with Gasteiger partial charge in [0.05, 0.1) is 6.20 Å². The van der Waals surface area contributed by atoms with E-state index in [0.29, 0.717) is 5.95 Å². The summed E-state index contributed by atoms with van der Waals surface area (Å²) >= 11 is 0. The van der Waals surface area contributed by atoms with Crippen LogP contribution in [0.25, 0.3) is 0 Å². The zero-order chi connectivity index (χ0) is 16.6. The summed E-state index contributed by atoms with van der Waals surface area (Å²) in [5.41, 5.74) is 1.28. The number of nitrogens with one attached hydrogen (secondary N) is 1. The number of methoxy groups -OCH3 is 1. The Morgan fingerprint density at radius 3 is 2.58 bits per heavy atom. The van der Waals surface area contributed by atoms with E-state index in [-0.39, 0.29) is 0 Å². The van der Waals surface area contributed by atoms with E-state index in [1.54, 1.807) is 13.3 Å². The van der Waals surface area contributed by atoms with Gasteiger partial charge in [-0.1, -0.05) is 18.2 Å². The molecule has 3 rings (SSSR count). The largest absolute Gasteiger partial charge is 0.385 e. The van der Waals surface area contributed by atoms with Crippen LogP contribution >= 0.6 is 0 Å². The number of nitrogens with zero attached hydrogens (tertiary/aromatic N) is 5. The van der Waals surface area contributed by atoms with E-state index in [1.807, 2.05) is 6.07 Å². The van der Waals surface area contributed by atoms with Crippen LogP contribution in [0.2, 0.25) is 0 Å². The summed E-state index contributed by atoms with van der Waals surface area (Å²) in [6.45, 7) is 5.31. The Hall–Kier alpha value is -2.41. The topological polar surface area (TPSA) is 66.4 Å². The monoisotopic (exact) mass is 328 g/mol. The van der Waals surface area contributed by atoms with Gasteiger partial charge in [0.1, 0.15) is 0 Å². The molecule has 1 saturated heterocycles. The number of benzene rings is 1. The third-order valence-corrected chi connectivity index (χ3v) is 4.08. The van der Waals surface area contributed by atoms with E-state index in [9.17, 15) is 0 Å². The van der Waals surface area contributed by atoms with Crippen LogP contribution in [0.4, 0.5) is 17.5 Å². The number of anilines is 3. The minimum absolute atomic E-state index is 0.578. The second-order valence-electron chi connectivity index (χ2n) is 5.72. The maximum Gasteiger partial charge on any atom is 0.244 e. The Balaban J connectivity index is 1.54. The van der Waals surface area contributed by atoms with Gasteiger partial charge in [0.25, 0.3) is 0 Å². The second kappa shape index (κ2) is 8.44. The summed E-state index contributed by atoms with van der Waals surface area (Å²) in [5, 5.41) is 11.3.